The number of piperidine rings is 1. The number of amides is 1. The lowest BCUT2D eigenvalue weighted by atomic mass is 9.89. The number of carbonyl (C=O) groups is 2. The van der Waals surface area contributed by atoms with Crippen molar-refractivity contribution >= 4 is 23.7 Å². The number of esters is 1. The van der Waals surface area contributed by atoms with Gasteiger partial charge in [0.1, 0.15) is 5.60 Å². The number of alkyl halides is 3. The zero-order valence-corrected chi connectivity index (χ0v) is 24.8. The Morgan fingerprint density at radius 1 is 1.02 bits per heavy atom. The third kappa shape index (κ3) is 8.92. The van der Waals surface area contributed by atoms with Crippen LogP contribution in [0.1, 0.15) is 74.3 Å². The maximum atomic E-state index is 14.0. The first-order valence-electron chi connectivity index (χ1n) is 14.2. The van der Waals surface area contributed by atoms with E-state index in [0.29, 0.717) is 18.8 Å². The van der Waals surface area contributed by atoms with Gasteiger partial charge < -0.3 is 19.7 Å². The van der Waals surface area contributed by atoms with Crippen molar-refractivity contribution in [1.82, 2.24) is 14.9 Å². The third-order valence-electron chi connectivity index (χ3n) is 7.26. The lowest BCUT2D eigenvalue weighted by Crippen LogP contribution is -2.41. The molecule has 43 heavy (non-hydrogen) atoms. The van der Waals surface area contributed by atoms with E-state index in [-0.39, 0.29) is 36.5 Å². The van der Waals surface area contributed by atoms with Gasteiger partial charge in [0.15, 0.2) is 0 Å². The first kappa shape index (κ1) is 31.8. The summed E-state index contributed by atoms with van der Waals surface area (Å²) >= 11 is 0. The number of rotatable bonds is 8. The van der Waals surface area contributed by atoms with Crippen molar-refractivity contribution in [2.75, 3.05) is 25.5 Å². The molecule has 230 valence electrons. The monoisotopic (exact) mass is 598 g/mol. The van der Waals surface area contributed by atoms with Gasteiger partial charge in [0.05, 0.1) is 24.8 Å². The number of likely N-dealkylation sites (tertiary alicyclic amines) is 1. The zero-order valence-electron chi connectivity index (χ0n) is 24.8. The van der Waals surface area contributed by atoms with Crippen LogP contribution in [0.4, 0.5) is 29.6 Å². The number of nitrogens with zero attached hydrogens (tertiary/aromatic N) is 3. The Morgan fingerprint density at radius 2 is 1.67 bits per heavy atom. The highest BCUT2D eigenvalue weighted by molar-refractivity contribution is 5.70. The molecule has 1 saturated heterocycles. The Labute approximate surface area is 249 Å². The average Bonchev–Trinajstić information content (AvgIpc) is 2.96. The highest BCUT2D eigenvalue weighted by Crippen LogP contribution is 2.37. The van der Waals surface area contributed by atoms with Crippen molar-refractivity contribution in [3.8, 4) is 0 Å². The Kier molecular flexibility index (Phi) is 9.93. The molecule has 8 nitrogen and oxygen atoms in total. The molecule has 2 aromatic carbocycles. The summed E-state index contributed by atoms with van der Waals surface area (Å²) < 4.78 is 52.4. The summed E-state index contributed by atoms with van der Waals surface area (Å²) in [5.74, 6) is -1.26. The largest absolute Gasteiger partial charge is 0.469 e. The standard InChI is InChI=1S/C32H37F3N4O4/c1-31(2,3)43-30(41)39-16-14-23(15-17-39)22-10-12-25(13-11-22)37-29-36-20-26(32(33,34)35)28(38-29)24(19-27(40)42-4)18-21-8-6-5-7-9-21/h5-13,20,23-24H,14-19H2,1-4H3,(H,36,37,38). The van der Waals surface area contributed by atoms with E-state index < -0.39 is 29.2 Å². The molecular formula is C32H37F3N4O4. The molecule has 1 aromatic heterocycles. The van der Waals surface area contributed by atoms with Gasteiger partial charge in [-0.3, -0.25) is 4.79 Å². The molecule has 0 aliphatic carbocycles. The summed E-state index contributed by atoms with van der Waals surface area (Å²) in [6, 6.07) is 16.5. The minimum Gasteiger partial charge on any atom is -0.469 e. The summed E-state index contributed by atoms with van der Waals surface area (Å²) in [5.41, 5.74) is 0.671. The van der Waals surface area contributed by atoms with E-state index in [9.17, 15) is 22.8 Å². The molecule has 11 heteroatoms. The van der Waals surface area contributed by atoms with Crippen LogP contribution in [0.25, 0.3) is 0 Å². The Morgan fingerprint density at radius 3 is 2.26 bits per heavy atom. The summed E-state index contributed by atoms with van der Waals surface area (Å²) in [6.45, 7) is 6.72. The second-order valence-electron chi connectivity index (χ2n) is 11.6. The van der Waals surface area contributed by atoms with Crippen molar-refractivity contribution in [1.29, 1.82) is 0 Å². The quantitative estimate of drug-likeness (QED) is 0.273. The van der Waals surface area contributed by atoms with Crippen LogP contribution in [-0.4, -0.2) is 52.7 Å². The molecule has 0 spiro atoms. The SMILES string of the molecule is COC(=O)CC(Cc1ccccc1)c1nc(Nc2ccc(C3CCN(C(=O)OC(C)(C)C)CC3)cc2)ncc1C(F)(F)F. The van der Waals surface area contributed by atoms with Crippen LogP contribution < -0.4 is 5.32 Å². The number of anilines is 2. The first-order chi connectivity index (χ1) is 20.3. The normalized spacial score (nSPS) is 15.1. The molecule has 1 amide bonds. The van der Waals surface area contributed by atoms with Crippen LogP contribution in [0.5, 0.6) is 0 Å². The van der Waals surface area contributed by atoms with E-state index in [1.807, 2.05) is 51.1 Å². The second kappa shape index (κ2) is 13.4. The van der Waals surface area contributed by atoms with Crippen LogP contribution in [-0.2, 0) is 26.9 Å². The molecule has 1 N–H and O–H groups in total. The highest BCUT2D eigenvalue weighted by atomic mass is 19.4. The van der Waals surface area contributed by atoms with Crippen LogP contribution in [0.3, 0.4) is 0 Å². The Bertz CT molecular complexity index is 1380. The van der Waals surface area contributed by atoms with Gasteiger partial charge >= 0.3 is 18.2 Å². The predicted molar refractivity (Wildman–Crippen MR) is 156 cm³/mol. The van der Waals surface area contributed by atoms with Gasteiger partial charge in [0.25, 0.3) is 0 Å². The number of hydrogen-bond acceptors (Lipinski definition) is 7. The van der Waals surface area contributed by atoms with Gasteiger partial charge in [-0.15, -0.1) is 0 Å². The molecule has 1 atom stereocenters. The number of aromatic nitrogens is 2. The average molecular weight is 599 g/mol. The lowest BCUT2D eigenvalue weighted by Gasteiger charge is -2.33. The van der Waals surface area contributed by atoms with Gasteiger partial charge in [-0.1, -0.05) is 42.5 Å². The lowest BCUT2D eigenvalue weighted by molar-refractivity contribution is -0.143. The number of halogens is 3. The van der Waals surface area contributed by atoms with Gasteiger partial charge in [-0.2, -0.15) is 13.2 Å². The Balaban J connectivity index is 1.50. The molecule has 1 fully saturated rings. The molecule has 0 radical (unpaired) electrons. The van der Waals surface area contributed by atoms with Crippen LogP contribution in [0.15, 0.2) is 60.8 Å². The molecule has 4 rings (SSSR count). The van der Waals surface area contributed by atoms with E-state index in [1.54, 1.807) is 29.2 Å². The van der Waals surface area contributed by atoms with Crippen molar-refractivity contribution in [2.24, 2.45) is 0 Å². The number of nitrogens with one attached hydrogen (secondary N) is 1. The highest BCUT2D eigenvalue weighted by Gasteiger charge is 2.38. The van der Waals surface area contributed by atoms with E-state index in [4.69, 9.17) is 9.47 Å². The van der Waals surface area contributed by atoms with Crippen molar-refractivity contribution in [3.05, 3.63) is 83.2 Å². The fraction of sp³-hybridized carbons (Fsp3) is 0.438. The maximum absolute atomic E-state index is 14.0. The van der Waals surface area contributed by atoms with Gasteiger partial charge in [-0.25, -0.2) is 14.8 Å². The van der Waals surface area contributed by atoms with E-state index in [0.717, 1.165) is 30.2 Å². The minimum atomic E-state index is -4.71. The second-order valence-corrected chi connectivity index (χ2v) is 11.6. The molecule has 0 saturated carbocycles. The fourth-order valence-electron chi connectivity index (χ4n) is 5.12. The first-order valence-corrected chi connectivity index (χ1v) is 14.2. The number of ether oxygens (including phenoxy) is 2. The van der Waals surface area contributed by atoms with Gasteiger partial charge in [0.2, 0.25) is 5.95 Å². The summed E-state index contributed by atoms with van der Waals surface area (Å²) in [4.78, 5) is 34.5. The fourth-order valence-corrected chi connectivity index (χ4v) is 5.12. The molecular weight excluding hydrogens is 561 g/mol. The van der Waals surface area contributed by atoms with Crippen molar-refractivity contribution in [3.63, 3.8) is 0 Å². The predicted octanol–water partition coefficient (Wildman–Crippen LogP) is 7.24. The summed E-state index contributed by atoms with van der Waals surface area (Å²) in [6.07, 6.45) is -2.78. The molecule has 2 heterocycles. The van der Waals surface area contributed by atoms with Gasteiger partial charge in [0, 0.05) is 30.9 Å². The van der Waals surface area contributed by atoms with Crippen LogP contribution >= 0.6 is 0 Å². The van der Waals surface area contributed by atoms with E-state index in [2.05, 4.69) is 15.3 Å². The maximum Gasteiger partial charge on any atom is 0.419 e. The van der Waals surface area contributed by atoms with Gasteiger partial charge in [-0.05, 0) is 69.2 Å². The zero-order chi connectivity index (χ0) is 31.2. The molecule has 1 unspecified atom stereocenters. The smallest absolute Gasteiger partial charge is 0.419 e. The van der Waals surface area contributed by atoms with Crippen molar-refractivity contribution in [2.45, 2.75) is 70.1 Å². The number of methoxy groups -OCH3 is 1. The molecule has 1 aliphatic rings. The van der Waals surface area contributed by atoms with Crippen LogP contribution in [0, 0.1) is 0 Å². The van der Waals surface area contributed by atoms with Crippen LogP contribution in [0.2, 0.25) is 0 Å². The topological polar surface area (TPSA) is 93.7 Å². The Hall–Kier alpha value is -4.15. The van der Waals surface area contributed by atoms with Crippen molar-refractivity contribution < 1.29 is 32.2 Å². The van der Waals surface area contributed by atoms with E-state index >= 15 is 0 Å². The molecule has 3 aromatic rings. The number of benzene rings is 2. The minimum absolute atomic E-state index is 0.00986. The molecule has 1 aliphatic heterocycles. The van der Waals surface area contributed by atoms with E-state index in [1.165, 1.54) is 7.11 Å². The number of carbonyl (C=O) groups excluding carboxylic acids is 2. The summed E-state index contributed by atoms with van der Waals surface area (Å²) in [5, 5.41) is 3.01. The molecule has 0 bridgehead atoms. The summed E-state index contributed by atoms with van der Waals surface area (Å²) in [7, 11) is 1.20. The number of hydrogen-bond donors (Lipinski definition) is 1. The third-order valence-corrected chi connectivity index (χ3v) is 7.26.